The van der Waals surface area contributed by atoms with Crippen LogP contribution >= 0.6 is 0 Å². The fraction of sp³-hybridized carbons (Fsp3) is 0.800. The van der Waals surface area contributed by atoms with Crippen molar-refractivity contribution in [2.75, 3.05) is 6.54 Å². The van der Waals surface area contributed by atoms with Gasteiger partial charge in [-0.25, -0.2) is 4.79 Å². The highest BCUT2D eigenvalue weighted by molar-refractivity contribution is 5.78. The Labute approximate surface area is 93.8 Å². The van der Waals surface area contributed by atoms with Crippen LogP contribution in [-0.4, -0.2) is 46.7 Å². The number of nitrogens with zero attached hydrogens (tertiary/aromatic N) is 1. The van der Waals surface area contributed by atoms with E-state index in [9.17, 15) is 9.59 Å². The molecule has 6 nitrogen and oxygen atoms in total. The molecule has 16 heavy (non-hydrogen) atoms. The fourth-order valence-corrected chi connectivity index (χ4v) is 2.89. The molecular weight excluding hydrogens is 210 g/mol. The van der Waals surface area contributed by atoms with E-state index < -0.39 is 6.09 Å². The summed E-state index contributed by atoms with van der Waals surface area (Å²) in [6.45, 7) is -0.00548. The predicted molar refractivity (Wildman–Crippen MR) is 56.9 cm³/mol. The van der Waals surface area contributed by atoms with Crippen molar-refractivity contribution < 1.29 is 14.7 Å². The van der Waals surface area contributed by atoms with Gasteiger partial charge in [0.05, 0.1) is 6.54 Å². The normalized spacial score (nSPS) is 32.6. The Balaban J connectivity index is 1.97. The van der Waals surface area contributed by atoms with Crippen LogP contribution in [0.5, 0.6) is 0 Å². The number of hydrogen-bond donors (Lipinski definition) is 3. The standard InChI is InChI=1S/C10H17N3O3/c11-5-9(14)12-6-3-7-1-2-8(4-6)13(7)10(15)16/h6-8H,1-5,11H2,(H,12,14)(H,15,16)/t6-,7+,8-. The van der Waals surface area contributed by atoms with Crippen molar-refractivity contribution in [2.24, 2.45) is 5.73 Å². The molecule has 0 radical (unpaired) electrons. The van der Waals surface area contributed by atoms with Crippen LogP contribution in [0.4, 0.5) is 4.79 Å². The summed E-state index contributed by atoms with van der Waals surface area (Å²) in [4.78, 5) is 23.7. The molecular formula is C10H17N3O3. The Morgan fingerprint density at radius 2 is 1.88 bits per heavy atom. The number of carboxylic acid groups (broad SMARTS) is 1. The molecule has 0 aromatic rings. The van der Waals surface area contributed by atoms with Crippen LogP contribution in [0, 0.1) is 0 Å². The van der Waals surface area contributed by atoms with Crippen molar-refractivity contribution in [1.29, 1.82) is 0 Å². The van der Waals surface area contributed by atoms with E-state index in [1.165, 1.54) is 0 Å². The molecule has 2 amide bonds. The molecule has 0 aliphatic carbocycles. The Morgan fingerprint density at radius 1 is 1.31 bits per heavy atom. The van der Waals surface area contributed by atoms with Crippen LogP contribution in [0.15, 0.2) is 0 Å². The van der Waals surface area contributed by atoms with E-state index >= 15 is 0 Å². The van der Waals surface area contributed by atoms with Crippen LogP contribution in [-0.2, 0) is 4.79 Å². The van der Waals surface area contributed by atoms with E-state index in [0.717, 1.165) is 12.8 Å². The molecule has 6 heteroatoms. The van der Waals surface area contributed by atoms with Gasteiger partial charge < -0.3 is 21.1 Å². The lowest BCUT2D eigenvalue weighted by atomic mass is 9.98. The third-order valence-electron chi connectivity index (χ3n) is 3.50. The first-order valence-electron chi connectivity index (χ1n) is 5.62. The predicted octanol–water partition coefficient (Wildman–Crippen LogP) is -0.265. The molecule has 4 N–H and O–H groups in total. The summed E-state index contributed by atoms with van der Waals surface area (Å²) in [6.07, 6.45) is 2.41. The summed E-state index contributed by atoms with van der Waals surface area (Å²) < 4.78 is 0. The molecule has 90 valence electrons. The molecule has 2 aliphatic heterocycles. The number of hydrogen-bond acceptors (Lipinski definition) is 3. The monoisotopic (exact) mass is 227 g/mol. The topological polar surface area (TPSA) is 95.7 Å². The molecule has 2 saturated heterocycles. The molecule has 2 heterocycles. The van der Waals surface area contributed by atoms with E-state index in [1.54, 1.807) is 4.90 Å². The first kappa shape index (κ1) is 11.2. The Morgan fingerprint density at radius 3 is 2.31 bits per heavy atom. The average Bonchev–Trinajstić information content (AvgIpc) is 2.51. The molecule has 2 fully saturated rings. The minimum atomic E-state index is -0.837. The Bertz CT molecular complexity index is 294. The zero-order valence-electron chi connectivity index (χ0n) is 9.06. The molecule has 0 saturated carbocycles. The summed E-state index contributed by atoms with van der Waals surface area (Å²) >= 11 is 0. The van der Waals surface area contributed by atoms with Gasteiger partial charge in [-0.05, 0) is 25.7 Å². The molecule has 3 atom stereocenters. The molecule has 2 rings (SSSR count). The number of amides is 2. The van der Waals surface area contributed by atoms with Crippen LogP contribution in [0.1, 0.15) is 25.7 Å². The first-order chi connectivity index (χ1) is 7.61. The van der Waals surface area contributed by atoms with Crippen molar-refractivity contribution in [3.8, 4) is 0 Å². The summed E-state index contributed by atoms with van der Waals surface area (Å²) in [5.41, 5.74) is 5.23. The summed E-state index contributed by atoms with van der Waals surface area (Å²) in [5, 5.41) is 11.9. The van der Waals surface area contributed by atoms with Crippen LogP contribution in [0.25, 0.3) is 0 Å². The molecule has 2 bridgehead atoms. The van der Waals surface area contributed by atoms with Gasteiger partial charge in [0.2, 0.25) is 5.91 Å². The summed E-state index contributed by atoms with van der Waals surface area (Å²) in [5.74, 6) is -0.159. The quantitative estimate of drug-likeness (QED) is 0.605. The molecule has 2 aliphatic rings. The van der Waals surface area contributed by atoms with Crippen molar-refractivity contribution in [3.63, 3.8) is 0 Å². The number of rotatable bonds is 2. The highest BCUT2D eigenvalue weighted by atomic mass is 16.4. The lowest BCUT2D eigenvalue weighted by Gasteiger charge is -2.37. The minimum absolute atomic E-state index is 0.00548. The van der Waals surface area contributed by atoms with Crippen molar-refractivity contribution in [2.45, 2.75) is 43.8 Å². The second kappa shape index (κ2) is 4.29. The number of piperidine rings is 1. The van der Waals surface area contributed by atoms with Crippen molar-refractivity contribution >= 4 is 12.0 Å². The lowest BCUT2D eigenvalue weighted by molar-refractivity contribution is -0.120. The molecule has 0 aromatic carbocycles. The minimum Gasteiger partial charge on any atom is -0.465 e. The number of fused-ring (bicyclic) bond motifs is 2. The van der Waals surface area contributed by atoms with Crippen LogP contribution in [0.3, 0.4) is 0 Å². The number of nitrogens with one attached hydrogen (secondary N) is 1. The van der Waals surface area contributed by atoms with Gasteiger partial charge in [-0.15, -0.1) is 0 Å². The van der Waals surface area contributed by atoms with Crippen molar-refractivity contribution in [1.82, 2.24) is 10.2 Å². The van der Waals surface area contributed by atoms with Gasteiger partial charge in [-0.2, -0.15) is 0 Å². The third-order valence-corrected chi connectivity index (χ3v) is 3.50. The van der Waals surface area contributed by atoms with Gasteiger partial charge in [0.15, 0.2) is 0 Å². The largest absolute Gasteiger partial charge is 0.465 e. The second-order valence-electron chi connectivity index (χ2n) is 4.51. The number of nitrogens with two attached hydrogens (primary N) is 1. The maximum atomic E-state index is 11.2. The van der Waals surface area contributed by atoms with Gasteiger partial charge in [0.1, 0.15) is 0 Å². The van der Waals surface area contributed by atoms with Crippen molar-refractivity contribution in [3.05, 3.63) is 0 Å². The molecule has 0 unspecified atom stereocenters. The maximum Gasteiger partial charge on any atom is 0.407 e. The SMILES string of the molecule is NCC(=O)N[C@H]1C[C@H]2CC[C@@H](C1)N2C(=O)O. The molecule has 0 aromatic heterocycles. The van der Waals surface area contributed by atoms with Gasteiger partial charge in [-0.1, -0.05) is 0 Å². The van der Waals surface area contributed by atoms with E-state index in [0.29, 0.717) is 12.8 Å². The fourth-order valence-electron chi connectivity index (χ4n) is 2.89. The van der Waals surface area contributed by atoms with E-state index in [1.807, 2.05) is 0 Å². The number of carbonyl (C=O) groups excluding carboxylic acids is 1. The zero-order chi connectivity index (χ0) is 11.7. The third kappa shape index (κ3) is 1.97. The Kier molecular flexibility index (Phi) is 3.00. The Hall–Kier alpha value is -1.30. The molecule has 0 spiro atoms. The highest BCUT2D eigenvalue weighted by Gasteiger charge is 2.43. The maximum absolute atomic E-state index is 11.2. The smallest absolute Gasteiger partial charge is 0.407 e. The first-order valence-corrected chi connectivity index (χ1v) is 5.62. The van der Waals surface area contributed by atoms with E-state index in [2.05, 4.69) is 5.32 Å². The van der Waals surface area contributed by atoms with E-state index in [-0.39, 0.29) is 30.6 Å². The van der Waals surface area contributed by atoms with Gasteiger partial charge >= 0.3 is 6.09 Å². The van der Waals surface area contributed by atoms with Crippen LogP contribution in [0.2, 0.25) is 0 Å². The number of carbonyl (C=O) groups is 2. The van der Waals surface area contributed by atoms with E-state index in [4.69, 9.17) is 10.8 Å². The average molecular weight is 227 g/mol. The van der Waals surface area contributed by atoms with Gasteiger partial charge in [0.25, 0.3) is 0 Å². The summed E-state index contributed by atoms with van der Waals surface area (Å²) in [6, 6.07) is 0.225. The van der Waals surface area contributed by atoms with Crippen LogP contribution < -0.4 is 11.1 Å². The van der Waals surface area contributed by atoms with Gasteiger partial charge in [-0.3, -0.25) is 4.79 Å². The van der Waals surface area contributed by atoms with Gasteiger partial charge in [0, 0.05) is 18.1 Å². The zero-order valence-corrected chi connectivity index (χ0v) is 9.06. The summed E-state index contributed by atoms with van der Waals surface area (Å²) in [7, 11) is 0. The lowest BCUT2D eigenvalue weighted by Crippen LogP contribution is -2.52. The highest BCUT2D eigenvalue weighted by Crippen LogP contribution is 2.35. The second-order valence-corrected chi connectivity index (χ2v) is 4.51.